The zero-order chi connectivity index (χ0) is 13.1. The lowest BCUT2D eigenvalue weighted by atomic mass is 10.1. The van der Waals surface area contributed by atoms with Crippen molar-refractivity contribution in [3.05, 3.63) is 0 Å². The van der Waals surface area contributed by atoms with Crippen LogP contribution in [0.1, 0.15) is 27.2 Å². The molecule has 17 heavy (non-hydrogen) atoms. The predicted octanol–water partition coefficient (Wildman–Crippen LogP) is 1.68. The van der Waals surface area contributed by atoms with E-state index in [1.807, 2.05) is 0 Å². The molecule has 0 aromatic carbocycles. The molecule has 2 fully saturated rings. The summed E-state index contributed by atoms with van der Waals surface area (Å²) < 4.78 is 31.5. The zero-order valence-corrected chi connectivity index (χ0v) is 12.7. The van der Waals surface area contributed by atoms with Crippen LogP contribution in [0.15, 0.2) is 0 Å². The van der Waals surface area contributed by atoms with Gasteiger partial charge in [-0.05, 0) is 31.5 Å². The molecule has 1 aliphatic carbocycles. The molecule has 96 valence electrons. The number of alkyl halides is 2. The Balaban J connectivity index is 1.97. The minimum absolute atomic E-state index is 0.144. The van der Waals surface area contributed by atoms with E-state index in [-0.39, 0.29) is 6.54 Å². The van der Waals surface area contributed by atoms with Crippen molar-refractivity contribution in [3.8, 4) is 0 Å². The number of carbonyl (C=O) groups is 1. The number of halogens is 2. The van der Waals surface area contributed by atoms with Gasteiger partial charge in [0.25, 0.3) is 0 Å². The average Bonchev–Trinajstić information content (AvgIpc) is 2.58. The van der Waals surface area contributed by atoms with Crippen molar-refractivity contribution < 1.29 is 18.3 Å². The summed E-state index contributed by atoms with van der Waals surface area (Å²) in [6.07, 6.45) is -0.0558. The van der Waals surface area contributed by atoms with Gasteiger partial charge in [0, 0.05) is 19.0 Å². The Bertz CT molecular complexity index is 356. The third-order valence-electron chi connectivity index (χ3n) is 3.84. The first-order valence-electron chi connectivity index (χ1n) is 5.94. The van der Waals surface area contributed by atoms with Gasteiger partial charge in [-0.2, -0.15) is 0 Å². The molecule has 1 saturated carbocycles. The number of ether oxygens (including phenoxy) is 1. The number of likely N-dealkylation sites (tertiary alicyclic amines) is 1. The fourth-order valence-corrected chi connectivity index (χ4v) is 3.48. The van der Waals surface area contributed by atoms with Gasteiger partial charge in [-0.3, -0.25) is 0 Å². The van der Waals surface area contributed by atoms with Crippen LogP contribution < -0.4 is 0 Å². The number of nitrogens with zero attached hydrogens (tertiary/aromatic N) is 1. The Labute approximate surface area is 108 Å². The maximum absolute atomic E-state index is 13.5. The van der Waals surface area contributed by atoms with Gasteiger partial charge in [0.15, 0.2) is 0 Å². The van der Waals surface area contributed by atoms with Crippen molar-refractivity contribution in [2.24, 2.45) is 5.92 Å². The molecule has 2 rings (SSSR count). The molecular weight excluding hydrogens is 243 g/mol. The monoisotopic (exact) mass is 261 g/mol. The van der Waals surface area contributed by atoms with E-state index in [9.17, 15) is 13.6 Å². The maximum atomic E-state index is 13.5. The summed E-state index contributed by atoms with van der Waals surface area (Å²) in [5, 5.41) is 0. The normalized spacial score (nSPS) is 35.1. The molecule has 2 atom stereocenters. The second kappa shape index (κ2) is 3.58. The second-order valence-corrected chi connectivity index (χ2v) is 8.05. The van der Waals surface area contributed by atoms with Crippen LogP contribution in [0.3, 0.4) is 0 Å². The molecule has 0 spiro atoms. The molecule has 0 N–H and O–H groups in total. The first kappa shape index (κ1) is 13.1. The summed E-state index contributed by atoms with van der Waals surface area (Å²) in [5.41, 5.74) is -0.571. The van der Waals surface area contributed by atoms with E-state index in [0.29, 0.717) is 29.3 Å². The summed E-state index contributed by atoms with van der Waals surface area (Å²) in [5.74, 6) is -3.20. The van der Waals surface area contributed by atoms with Crippen molar-refractivity contribution in [1.82, 2.24) is 4.90 Å². The molecule has 2 unspecified atom stereocenters. The Kier molecular flexibility index (Phi) is 2.76. The van der Waals surface area contributed by atoms with Gasteiger partial charge in [-0.1, -0.05) is 0 Å². The van der Waals surface area contributed by atoms with Crippen molar-refractivity contribution in [2.75, 3.05) is 13.1 Å². The first-order chi connectivity index (χ1) is 7.58. The van der Waals surface area contributed by atoms with E-state index in [1.54, 1.807) is 20.8 Å². The molecular formula is C11H18AlF2NO2. The van der Waals surface area contributed by atoms with E-state index in [1.165, 1.54) is 4.90 Å². The lowest BCUT2D eigenvalue weighted by molar-refractivity contribution is 0.0201. The second-order valence-electron chi connectivity index (χ2n) is 6.27. The number of rotatable bonds is 0. The average molecular weight is 261 g/mol. The smallest absolute Gasteiger partial charge is 0.410 e. The fraction of sp³-hybridized carbons (Fsp3) is 0.909. The van der Waals surface area contributed by atoms with Crippen molar-refractivity contribution >= 4 is 22.4 Å². The maximum Gasteiger partial charge on any atom is 0.410 e. The summed E-state index contributed by atoms with van der Waals surface area (Å²) in [7, 11) is 0. The SMILES string of the molecule is CC(C)(C)OC(=O)N1CC[C]2([AlH2])C(C1)C2(F)F. The number of piperidine rings is 1. The van der Waals surface area contributed by atoms with Crippen LogP contribution in [-0.4, -0.2) is 51.9 Å². The molecule has 6 heteroatoms. The Morgan fingerprint density at radius 1 is 1.47 bits per heavy atom. The van der Waals surface area contributed by atoms with Gasteiger partial charge < -0.3 is 9.64 Å². The summed E-state index contributed by atoms with van der Waals surface area (Å²) in [6.45, 7) is 5.86. The van der Waals surface area contributed by atoms with Crippen molar-refractivity contribution in [1.29, 1.82) is 0 Å². The Morgan fingerprint density at radius 3 is 2.53 bits per heavy atom. The predicted molar refractivity (Wildman–Crippen MR) is 62.1 cm³/mol. The number of hydrogen-bond donors (Lipinski definition) is 0. The molecule has 1 saturated heterocycles. The van der Waals surface area contributed by atoms with Crippen LogP contribution in [0.5, 0.6) is 0 Å². The number of fused-ring (bicyclic) bond motifs is 1. The van der Waals surface area contributed by atoms with Crippen LogP contribution >= 0.6 is 0 Å². The van der Waals surface area contributed by atoms with E-state index < -0.39 is 27.8 Å². The molecule has 1 amide bonds. The zero-order valence-electron chi connectivity index (χ0n) is 10.7. The number of hydrogen-bond acceptors (Lipinski definition) is 2. The van der Waals surface area contributed by atoms with Gasteiger partial charge in [0.2, 0.25) is 22.2 Å². The summed E-state index contributed by atoms with van der Waals surface area (Å²) in [6, 6.07) is 0. The largest absolute Gasteiger partial charge is 0.444 e. The molecule has 2 aliphatic rings. The Morgan fingerprint density at radius 2 is 2.06 bits per heavy atom. The highest BCUT2D eigenvalue weighted by Gasteiger charge is 2.77. The van der Waals surface area contributed by atoms with Crippen LogP contribution in [0.4, 0.5) is 13.6 Å². The molecule has 0 radical (unpaired) electrons. The summed E-state index contributed by atoms with van der Waals surface area (Å²) in [4.78, 5) is 13.2. The van der Waals surface area contributed by atoms with Crippen molar-refractivity contribution in [2.45, 2.75) is 43.0 Å². The number of carbonyl (C=O) groups excluding carboxylic acids is 1. The highest BCUT2D eigenvalue weighted by molar-refractivity contribution is 6.19. The highest BCUT2D eigenvalue weighted by atomic mass is 27.0. The van der Waals surface area contributed by atoms with Gasteiger partial charge in [-0.25, -0.2) is 13.6 Å². The molecule has 1 aliphatic heterocycles. The lowest BCUT2D eigenvalue weighted by Gasteiger charge is -2.31. The van der Waals surface area contributed by atoms with E-state index in [4.69, 9.17) is 4.74 Å². The minimum atomic E-state index is -2.56. The van der Waals surface area contributed by atoms with E-state index >= 15 is 0 Å². The molecule has 3 nitrogen and oxygen atoms in total. The first-order valence-corrected chi connectivity index (χ1v) is 6.94. The third kappa shape index (κ3) is 2.06. The molecule has 0 aromatic heterocycles. The third-order valence-corrected chi connectivity index (χ3v) is 5.70. The molecule has 1 heterocycles. The van der Waals surface area contributed by atoms with Gasteiger partial charge in [-0.15, -0.1) is 0 Å². The highest BCUT2D eigenvalue weighted by Crippen LogP contribution is 2.73. The van der Waals surface area contributed by atoms with Crippen LogP contribution in [0.25, 0.3) is 0 Å². The van der Waals surface area contributed by atoms with Gasteiger partial charge >= 0.3 is 6.09 Å². The Hall–Kier alpha value is -0.338. The molecule has 0 aromatic rings. The van der Waals surface area contributed by atoms with Crippen LogP contribution in [0, 0.1) is 5.92 Å². The van der Waals surface area contributed by atoms with Crippen LogP contribution in [0.2, 0.25) is 4.28 Å². The van der Waals surface area contributed by atoms with Crippen molar-refractivity contribution in [3.63, 3.8) is 0 Å². The quantitative estimate of drug-likeness (QED) is 0.621. The summed E-state index contributed by atoms with van der Waals surface area (Å²) >= 11 is 0.493. The topological polar surface area (TPSA) is 29.5 Å². The minimum Gasteiger partial charge on any atom is -0.444 e. The lowest BCUT2D eigenvalue weighted by Crippen LogP contribution is -2.41. The van der Waals surface area contributed by atoms with Gasteiger partial charge in [0.1, 0.15) is 5.60 Å². The number of amides is 1. The van der Waals surface area contributed by atoms with Gasteiger partial charge in [0.05, 0.1) is 0 Å². The van der Waals surface area contributed by atoms with E-state index in [2.05, 4.69) is 0 Å². The molecule has 0 bridgehead atoms. The standard InChI is InChI=1S/C11H16F2NO2.Al.2H/c1-10(2,3)16-9(15)14-5-4-7-8(6-14)11(7,12)13;;;/h8H,4-6H2,1-3H3;;;. The fourth-order valence-electron chi connectivity index (χ4n) is 2.50. The van der Waals surface area contributed by atoms with Crippen LogP contribution in [-0.2, 0) is 4.74 Å². The van der Waals surface area contributed by atoms with E-state index in [0.717, 1.165) is 0 Å².